The van der Waals surface area contributed by atoms with Gasteiger partial charge in [-0.05, 0) is 37.5 Å². The van der Waals surface area contributed by atoms with E-state index in [1.54, 1.807) is 23.2 Å². The number of nitrogens with one attached hydrogen (secondary N) is 1. The summed E-state index contributed by atoms with van der Waals surface area (Å²) in [7, 11) is 4.56. The number of aryl methyl sites for hydroxylation is 1. The summed E-state index contributed by atoms with van der Waals surface area (Å²) in [6.45, 7) is 2.91. The van der Waals surface area contributed by atoms with Crippen molar-refractivity contribution in [3.05, 3.63) is 41.6 Å². The predicted molar refractivity (Wildman–Crippen MR) is 112 cm³/mol. The monoisotopic (exact) mass is 413 g/mol. The van der Waals surface area contributed by atoms with Crippen molar-refractivity contribution in [2.75, 3.05) is 39.7 Å². The standard InChI is InChI=1S/C22H27N3O5/c1-14-5-8-23-20(11-14)24-21(26)15-6-9-25(10-7-15)22(27)16-12-18(29-3)19(30-4)13-17(16)28-2/h5,8,11-13,15H,6-7,9-10H2,1-4H3,(H,23,24,26). The lowest BCUT2D eigenvalue weighted by molar-refractivity contribution is -0.121. The minimum absolute atomic E-state index is 0.0658. The van der Waals surface area contributed by atoms with E-state index < -0.39 is 0 Å². The van der Waals surface area contributed by atoms with E-state index in [0.717, 1.165) is 5.56 Å². The largest absolute Gasteiger partial charge is 0.496 e. The Hall–Kier alpha value is -3.29. The van der Waals surface area contributed by atoms with E-state index in [1.165, 1.54) is 21.3 Å². The number of carbonyl (C=O) groups is 2. The third kappa shape index (κ3) is 4.64. The molecule has 3 rings (SSSR count). The number of likely N-dealkylation sites (tertiary alicyclic amines) is 1. The van der Waals surface area contributed by atoms with Crippen molar-refractivity contribution >= 4 is 17.6 Å². The number of anilines is 1. The van der Waals surface area contributed by atoms with E-state index in [4.69, 9.17) is 14.2 Å². The second kappa shape index (κ2) is 9.47. The van der Waals surface area contributed by atoms with Gasteiger partial charge in [-0.15, -0.1) is 0 Å². The van der Waals surface area contributed by atoms with E-state index in [2.05, 4.69) is 10.3 Å². The van der Waals surface area contributed by atoms with Gasteiger partial charge >= 0.3 is 0 Å². The maximum atomic E-state index is 13.1. The van der Waals surface area contributed by atoms with Crippen LogP contribution in [0.1, 0.15) is 28.8 Å². The number of pyridine rings is 1. The summed E-state index contributed by atoms with van der Waals surface area (Å²) in [5.41, 5.74) is 1.44. The molecule has 8 heteroatoms. The Morgan fingerprint density at radius 1 is 1.00 bits per heavy atom. The van der Waals surface area contributed by atoms with Crippen molar-refractivity contribution in [3.63, 3.8) is 0 Å². The highest BCUT2D eigenvalue weighted by Gasteiger charge is 2.30. The van der Waals surface area contributed by atoms with Crippen LogP contribution in [0.5, 0.6) is 17.2 Å². The van der Waals surface area contributed by atoms with Crippen LogP contribution in [0.4, 0.5) is 5.82 Å². The smallest absolute Gasteiger partial charge is 0.257 e. The summed E-state index contributed by atoms with van der Waals surface area (Å²) in [5.74, 6) is 1.53. The van der Waals surface area contributed by atoms with Crippen LogP contribution in [0.25, 0.3) is 0 Å². The zero-order valence-corrected chi connectivity index (χ0v) is 17.7. The number of rotatable bonds is 6. The number of aromatic nitrogens is 1. The number of piperidine rings is 1. The molecule has 2 amide bonds. The number of ether oxygens (including phenoxy) is 3. The summed E-state index contributed by atoms with van der Waals surface area (Å²) >= 11 is 0. The molecule has 1 aromatic heterocycles. The van der Waals surface area contributed by atoms with Gasteiger partial charge in [0.2, 0.25) is 5.91 Å². The molecule has 0 aliphatic carbocycles. The van der Waals surface area contributed by atoms with Gasteiger partial charge in [0.05, 0.1) is 26.9 Å². The fourth-order valence-electron chi connectivity index (χ4n) is 3.54. The average molecular weight is 413 g/mol. The summed E-state index contributed by atoms with van der Waals surface area (Å²) < 4.78 is 16.0. The van der Waals surface area contributed by atoms with Crippen LogP contribution in [0.2, 0.25) is 0 Å². The van der Waals surface area contributed by atoms with E-state index in [-0.39, 0.29) is 17.7 Å². The molecule has 1 aliphatic rings. The molecule has 1 N–H and O–H groups in total. The minimum Gasteiger partial charge on any atom is -0.496 e. The molecular formula is C22H27N3O5. The Balaban J connectivity index is 1.66. The maximum Gasteiger partial charge on any atom is 0.257 e. The Kier molecular flexibility index (Phi) is 6.76. The Morgan fingerprint density at radius 2 is 1.63 bits per heavy atom. The molecule has 0 spiro atoms. The number of methoxy groups -OCH3 is 3. The van der Waals surface area contributed by atoms with Crippen molar-refractivity contribution in [2.45, 2.75) is 19.8 Å². The lowest BCUT2D eigenvalue weighted by Gasteiger charge is -2.31. The van der Waals surface area contributed by atoms with Crippen molar-refractivity contribution in [1.82, 2.24) is 9.88 Å². The summed E-state index contributed by atoms with van der Waals surface area (Å²) in [5, 5.41) is 2.87. The van der Waals surface area contributed by atoms with Crippen LogP contribution in [0, 0.1) is 12.8 Å². The molecular weight excluding hydrogens is 386 g/mol. The zero-order chi connectivity index (χ0) is 21.7. The van der Waals surface area contributed by atoms with Crippen molar-refractivity contribution < 1.29 is 23.8 Å². The van der Waals surface area contributed by atoms with E-state index in [9.17, 15) is 9.59 Å². The van der Waals surface area contributed by atoms with Crippen LogP contribution in [0.15, 0.2) is 30.5 Å². The highest BCUT2D eigenvalue weighted by molar-refractivity contribution is 5.98. The number of hydrogen-bond acceptors (Lipinski definition) is 6. The lowest BCUT2D eigenvalue weighted by atomic mass is 9.95. The molecule has 0 bridgehead atoms. The van der Waals surface area contributed by atoms with Gasteiger partial charge in [-0.2, -0.15) is 0 Å². The fourth-order valence-corrected chi connectivity index (χ4v) is 3.54. The zero-order valence-electron chi connectivity index (χ0n) is 17.7. The maximum absolute atomic E-state index is 13.1. The number of hydrogen-bond donors (Lipinski definition) is 1. The molecule has 0 atom stereocenters. The van der Waals surface area contributed by atoms with Crippen LogP contribution in [-0.4, -0.2) is 56.1 Å². The number of nitrogens with zero attached hydrogens (tertiary/aromatic N) is 2. The number of amides is 2. The molecule has 160 valence electrons. The van der Waals surface area contributed by atoms with Crippen molar-refractivity contribution in [2.24, 2.45) is 5.92 Å². The van der Waals surface area contributed by atoms with E-state index in [0.29, 0.717) is 54.6 Å². The first kappa shape index (κ1) is 21.4. The first-order valence-electron chi connectivity index (χ1n) is 9.79. The molecule has 1 aliphatic heterocycles. The molecule has 2 aromatic rings. The number of carbonyl (C=O) groups excluding carboxylic acids is 2. The van der Waals surface area contributed by atoms with Crippen LogP contribution < -0.4 is 19.5 Å². The lowest BCUT2D eigenvalue weighted by Crippen LogP contribution is -2.41. The highest BCUT2D eigenvalue weighted by atomic mass is 16.5. The molecule has 30 heavy (non-hydrogen) atoms. The molecule has 1 saturated heterocycles. The Labute approximate surface area is 176 Å². The van der Waals surface area contributed by atoms with Gasteiger partial charge in [-0.1, -0.05) is 0 Å². The predicted octanol–water partition coefficient (Wildman–Crippen LogP) is 2.91. The quantitative estimate of drug-likeness (QED) is 0.783. The average Bonchev–Trinajstić information content (AvgIpc) is 2.77. The molecule has 0 unspecified atom stereocenters. The molecule has 8 nitrogen and oxygen atoms in total. The molecule has 1 aromatic carbocycles. The molecule has 1 fully saturated rings. The first-order valence-corrected chi connectivity index (χ1v) is 9.79. The van der Waals surface area contributed by atoms with Gasteiger partial charge in [0, 0.05) is 37.3 Å². The fraction of sp³-hybridized carbons (Fsp3) is 0.409. The first-order chi connectivity index (χ1) is 14.5. The third-order valence-electron chi connectivity index (χ3n) is 5.26. The van der Waals surface area contributed by atoms with Gasteiger partial charge in [0.1, 0.15) is 11.6 Å². The van der Waals surface area contributed by atoms with Gasteiger partial charge in [-0.25, -0.2) is 4.98 Å². The minimum atomic E-state index is -0.163. The second-order valence-electron chi connectivity index (χ2n) is 7.18. The van der Waals surface area contributed by atoms with Crippen LogP contribution >= 0.6 is 0 Å². The van der Waals surface area contributed by atoms with Crippen LogP contribution in [-0.2, 0) is 4.79 Å². The van der Waals surface area contributed by atoms with Gasteiger partial charge < -0.3 is 24.4 Å². The summed E-state index contributed by atoms with van der Waals surface area (Å²) in [6.07, 6.45) is 2.83. The summed E-state index contributed by atoms with van der Waals surface area (Å²) in [6, 6.07) is 6.98. The van der Waals surface area contributed by atoms with Crippen molar-refractivity contribution in [3.8, 4) is 17.2 Å². The highest BCUT2D eigenvalue weighted by Crippen LogP contribution is 2.35. The Bertz CT molecular complexity index is 923. The van der Waals surface area contributed by atoms with E-state index in [1.807, 2.05) is 19.1 Å². The van der Waals surface area contributed by atoms with Gasteiger partial charge in [0.15, 0.2) is 11.5 Å². The molecule has 2 heterocycles. The SMILES string of the molecule is COc1cc(OC)c(C(=O)N2CCC(C(=O)Nc3cc(C)ccn3)CC2)cc1OC. The topological polar surface area (TPSA) is 90.0 Å². The van der Waals surface area contributed by atoms with E-state index >= 15 is 0 Å². The molecule has 0 radical (unpaired) electrons. The Morgan fingerprint density at radius 3 is 2.23 bits per heavy atom. The van der Waals surface area contributed by atoms with Gasteiger partial charge in [-0.3, -0.25) is 9.59 Å². The number of benzene rings is 1. The summed E-state index contributed by atoms with van der Waals surface area (Å²) in [4.78, 5) is 31.6. The second-order valence-corrected chi connectivity index (χ2v) is 7.18. The van der Waals surface area contributed by atoms with Gasteiger partial charge in [0.25, 0.3) is 5.91 Å². The normalized spacial score (nSPS) is 14.2. The molecule has 0 saturated carbocycles. The third-order valence-corrected chi connectivity index (χ3v) is 5.26. The van der Waals surface area contributed by atoms with Crippen LogP contribution in [0.3, 0.4) is 0 Å². The van der Waals surface area contributed by atoms with Crippen molar-refractivity contribution in [1.29, 1.82) is 0 Å².